The van der Waals surface area contributed by atoms with Gasteiger partial charge in [0.2, 0.25) is 0 Å². The van der Waals surface area contributed by atoms with E-state index in [-0.39, 0.29) is 16.7 Å². The molecule has 0 saturated heterocycles. The molecule has 3 rings (SSSR count). The van der Waals surface area contributed by atoms with E-state index in [4.69, 9.17) is 5.26 Å². The van der Waals surface area contributed by atoms with Crippen LogP contribution in [0.2, 0.25) is 0 Å². The Balaban J connectivity index is 0.000000294. The van der Waals surface area contributed by atoms with Crippen LogP contribution in [-0.2, 0) is 6.42 Å². The lowest BCUT2D eigenvalue weighted by molar-refractivity contribution is -0.128. The lowest BCUT2D eigenvalue weighted by atomic mass is 9.80. The summed E-state index contributed by atoms with van der Waals surface area (Å²) in [6.07, 6.45) is 7.56. The SMILES string of the molecule is C=C(C#N)c1ccc(F)cc1C.CCC(C)C1CCCCC1.CCc1ncc(N(O)NCC(F)(F)F)cn1. The van der Waals surface area contributed by atoms with Crippen LogP contribution in [0, 0.1) is 35.9 Å². The molecule has 1 aliphatic carbocycles. The molecule has 2 N–H and O–H groups in total. The molecule has 1 saturated carbocycles. The monoisotopic (exact) mass is 537 g/mol. The van der Waals surface area contributed by atoms with E-state index >= 15 is 0 Å². The number of nitriles is 1. The number of rotatable bonds is 7. The minimum atomic E-state index is -4.40. The highest BCUT2D eigenvalue weighted by atomic mass is 19.4. The molecule has 0 radical (unpaired) electrons. The van der Waals surface area contributed by atoms with Gasteiger partial charge in [-0.3, -0.25) is 5.21 Å². The molecule has 210 valence electrons. The number of halogens is 4. The molecular weight excluding hydrogens is 498 g/mol. The van der Waals surface area contributed by atoms with Crippen LogP contribution in [-0.4, -0.2) is 27.9 Å². The molecule has 1 aromatic carbocycles. The van der Waals surface area contributed by atoms with Gasteiger partial charge >= 0.3 is 6.18 Å². The van der Waals surface area contributed by atoms with Gasteiger partial charge in [-0.2, -0.15) is 23.6 Å². The number of aryl methyl sites for hydroxylation is 2. The van der Waals surface area contributed by atoms with E-state index in [1.807, 2.05) is 13.0 Å². The number of hydrogen-bond acceptors (Lipinski definition) is 6. The maximum atomic E-state index is 12.6. The van der Waals surface area contributed by atoms with Gasteiger partial charge in [0.25, 0.3) is 0 Å². The second kappa shape index (κ2) is 16.7. The Bertz CT molecular complexity index is 1020. The molecule has 0 aliphatic heterocycles. The van der Waals surface area contributed by atoms with Gasteiger partial charge in [-0.15, -0.1) is 0 Å². The average molecular weight is 538 g/mol. The van der Waals surface area contributed by atoms with Crippen molar-refractivity contribution in [3.8, 4) is 6.07 Å². The standard InChI is InChI=1S/C10H8FN.C10H20.C8H11F3N4O/c1-7-5-9(11)3-4-10(7)8(2)6-12;1-3-9(2)10-7-5-4-6-8-10;1-2-7-12-3-6(4-13-7)15(16)14-5-8(9,10)11/h3-5H,2H2,1H3;9-10H,3-8H2,1-2H3;3-4,14,16H,2,5H2,1H3. The number of alkyl halides is 3. The minimum Gasteiger partial charge on any atom is -0.273 e. The van der Waals surface area contributed by atoms with Gasteiger partial charge in [0.15, 0.2) is 0 Å². The van der Waals surface area contributed by atoms with Gasteiger partial charge in [0, 0.05) is 6.42 Å². The maximum Gasteiger partial charge on any atom is 0.402 e. The van der Waals surface area contributed by atoms with Crippen LogP contribution >= 0.6 is 0 Å². The summed E-state index contributed by atoms with van der Waals surface area (Å²) in [5.41, 5.74) is 3.62. The van der Waals surface area contributed by atoms with Crippen LogP contribution < -0.4 is 10.6 Å². The van der Waals surface area contributed by atoms with E-state index in [0.717, 1.165) is 17.4 Å². The summed E-state index contributed by atoms with van der Waals surface area (Å²) < 4.78 is 48.1. The highest BCUT2D eigenvalue weighted by molar-refractivity contribution is 5.76. The molecule has 1 aromatic heterocycles. The Morgan fingerprint density at radius 2 is 1.82 bits per heavy atom. The Morgan fingerprint density at radius 1 is 1.21 bits per heavy atom. The van der Waals surface area contributed by atoms with Crippen molar-refractivity contribution in [1.29, 1.82) is 5.26 Å². The first-order valence-electron chi connectivity index (χ1n) is 12.9. The second-order valence-electron chi connectivity index (χ2n) is 9.31. The highest BCUT2D eigenvalue weighted by Gasteiger charge is 2.27. The van der Waals surface area contributed by atoms with Crippen molar-refractivity contribution < 1.29 is 22.8 Å². The summed E-state index contributed by atoms with van der Waals surface area (Å²) in [5.74, 6) is 2.31. The number of hydrogen-bond donors (Lipinski definition) is 2. The zero-order valence-corrected chi connectivity index (χ0v) is 22.7. The molecule has 2 aromatic rings. The first-order valence-corrected chi connectivity index (χ1v) is 12.9. The number of nitrogens with one attached hydrogen (secondary N) is 1. The van der Waals surface area contributed by atoms with E-state index in [1.165, 1.54) is 63.1 Å². The van der Waals surface area contributed by atoms with Crippen molar-refractivity contribution in [3.05, 3.63) is 59.9 Å². The molecule has 0 spiro atoms. The summed E-state index contributed by atoms with van der Waals surface area (Å²) in [7, 11) is 0. The zero-order valence-electron chi connectivity index (χ0n) is 22.7. The van der Waals surface area contributed by atoms with Crippen LogP contribution in [0.1, 0.15) is 76.2 Å². The van der Waals surface area contributed by atoms with Crippen LogP contribution in [0.15, 0.2) is 37.2 Å². The molecule has 1 atom stereocenters. The van der Waals surface area contributed by atoms with Gasteiger partial charge in [-0.05, 0) is 42.0 Å². The summed E-state index contributed by atoms with van der Waals surface area (Å²) >= 11 is 0. The van der Waals surface area contributed by atoms with Crippen molar-refractivity contribution in [1.82, 2.24) is 15.4 Å². The topological polar surface area (TPSA) is 85.1 Å². The van der Waals surface area contributed by atoms with E-state index < -0.39 is 12.7 Å². The average Bonchev–Trinajstić information content (AvgIpc) is 2.91. The smallest absolute Gasteiger partial charge is 0.273 e. The second-order valence-corrected chi connectivity index (χ2v) is 9.31. The van der Waals surface area contributed by atoms with Crippen molar-refractivity contribution in [2.24, 2.45) is 11.8 Å². The third kappa shape index (κ3) is 12.5. The summed E-state index contributed by atoms with van der Waals surface area (Å²) in [5, 5.41) is 18.0. The van der Waals surface area contributed by atoms with Crippen LogP contribution in [0.25, 0.3) is 5.57 Å². The van der Waals surface area contributed by atoms with E-state index in [0.29, 0.717) is 23.4 Å². The Hall–Kier alpha value is -3.03. The first kappa shape index (κ1) is 33.0. The fourth-order valence-electron chi connectivity index (χ4n) is 3.96. The zero-order chi connectivity index (χ0) is 28.7. The Morgan fingerprint density at radius 3 is 2.29 bits per heavy atom. The largest absolute Gasteiger partial charge is 0.402 e. The highest BCUT2D eigenvalue weighted by Crippen LogP contribution is 2.31. The maximum absolute atomic E-state index is 12.6. The quantitative estimate of drug-likeness (QED) is 0.215. The Kier molecular flexibility index (Phi) is 14.5. The normalized spacial score (nSPS) is 14.2. The number of allylic oxidation sites excluding steroid dienone is 1. The summed E-state index contributed by atoms with van der Waals surface area (Å²) in [6, 6.07) is 6.20. The molecule has 38 heavy (non-hydrogen) atoms. The number of aromatic nitrogens is 2. The fourth-order valence-corrected chi connectivity index (χ4v) is 3.96. The van der Waals surface area contributed by atoms with Crippen LogP contribution in [0.5, 0.6) is 0 Å². The number of hydrazine groups is 1. The van der Waals surface area contributed by atoms with Gasteiger partial charge < -0.3 is 0 Å². The van der Waals surface area contributed by atoms with Crippen molar-refractivity contribution >= 4 is 11.3 Å². The molecule has 1 fully saturated rings. The molecule has 1 heterocycles. The summed E-state index contributed by atoms with van der Waals surface area (Å²) in [6.45, 7) is 10.5. The molecule has 10 heteroatoms. The first-order chi connectivity index (χ1) is 17.9. The Labute approximate surface area is 223 Å². The predicted octanol–water partition coefficient (Wildman–Crippen LogP) is 7.59. The molecule has 6 nitrogen and oxygen atoms in total. The van der Waals surface area contributed by atoms with Crippen LogP contribution in [0.3, 0.4) is 0 Å². The van der Waals surface area contributed by atoms with Crippen molar-refractivity contribution in [3.63, 3.8) is 0 Å². The third-order valence-corrected chi connectivity index (χ3v) is 6.43. The van der Waals surface area contributed by atoms with Crippen molar-refractivity contribution in [2.45, 2.75) is 78.8 Å². The molecule has 0 amide bonds. The lowest BCUT2D eigenvalue weighted by Gasteiger charge is -2.26. The summed E-state index contributed by atoms with van der Waals surface area (Å²) in [4.78, 5) is 7.66. The van der Waals surface area contributed by atoms with Crippen LogP contribution in [0.4, 0.5) is 23.2 Å². The molecular formula is C28H39F4N5O. The van der Waals surface area contributed by atoms with Gasteiger partial charge in [0.05, 0.1) is 24.0 Å². The molecule has 1 unspecified atom stereocenters. The van der Waals surface area contributed by atoms with Gasteiger partial charge in [0.1, 0.15) is 23.9 Å². The van der Waals surface area contributed by atoms with Gasteiger partial charge in [-0.25, -0.2) is 19.8 Å². The molecule has 0 bridgehead atoms. The fraction of sp³-hybridized carbons (Fsp3) is 0.536. The number of anilines is 1. The lowest BCUT2D eigenvalue weighted by Crippen LogP contribution is -2.41. The van der Waals surface area contributed by atoms with Gasteiger partial charge in [-0.1, -0.05) is 71.9 Å². The van der Waals surface area contributed by atoms with E-state index in [2.05, 4.69) is 30.4 Å². The van der Waals surface area contributed by atoms with Crippen molar-refractivity contribution in [2.75, 3.05) is 11.7 Å². The third-order valence-electron chi connectivity index (χ3n) is 6.43. The number of benzene rings is 1. The predicted molar refractivity (Wildman–Crippen MR) is 142 cm³/mol. The van der Waals surface area contributed by atoms with E-state index in [1.54, 1.807) is 18.4 Å². The minimum absolute atomic E-state index is 0.0430. The number of nitrogens with zero attached hydrogens (tertiary/aromatic N) is 4. The molecule has 1 aliphatic rings. The van der Waals surface area contributed by atoms with E-state index in [9.17, 15) is 22.8 Å².